The fourth-order valence-corrected chi connectivity index (χ4v) is 7.88. The first-order chi connectivity index (χ1) is 46.2. The number of nitrogens with zero attached hydrogens (tertiary/aromatic N) is 3. The minimum atomic E-state index is -1.13. The van der Waals surface area contributed by atoms with Gasteiger partial charge in [-0.05, 0) is 106 Å². The molecule has 0 spiro atoms. The van der Waals surface area contributed by atoms with Gasteiger partial charge >= 0.3 is 0 Å². The second-order valence-electron chi connectivity index (χ2n) is 13.8. The maximum absolute atomic E-state index is 10.4. The molecule has 0 fully saturated rings. The molecule has 3 aromatic heterocycles. The molecule has 10 aromatic carbocycles. The highest BCUT2D eigenvalue weighted by Crippen LogP contribution is 2.42. The summed E-state index contributed by atoms with van der Waals surface area (Å²) in [5.74, 6) is 0. The molecule has 0 bridgehead atoms. The van der Waals surface area contributed by atoms with Gasteiger partial charge in [0.25, 0.3) is 0 Å². The van der Waals surface area contributed by atoms with Gasteiger partial charge in [-0.2, -0.15) is 0 Å². The molecule has 0 saturated carbocycles. The second-order valence-corrected chi connectivity index (χ2v) is 13.8. The lowest BCUT2D eigenvalue weighted by molar-refractivity contribution is 1.16. The van der Waals surface area contributed by atoms with Crippen molar-refractivity contribution >= 4 is 65.4 Å². The molecule has 0 unspecified atom stereocenters. The zero-order chi connectivity index (χ0) is 72.8. The molecule has 0 aliphatic carbocycles. The lowest BCUT2D eigenvalue weighted by Crippen LogP contribution is -1.98. The summed E-state index contributed by atoms with van der Waals surface area (Å²) >= 11 is 0. The topological polar surface area (TPSA) is 14.8 Å². The van der Waals surface area contributed by atoms with E-state index < -0.39 is 333 Å². The molecule has 0 aliphatic rings. The number of benzene rings is 10. The molecule has 3 heteroatoms. The minimum absolute atomic E-state index is 0.450. The highest BCUT2D eigenvalue weighted by molar-refractivity contribution is 6.17. The third-order valence-corrected chi connectivity index (χ3v) is 10.5. The highest BCUT2D eigenvalue weighted by Gasteiger charge is 2.21. The highest BCUT2D eigenvalue weighted by atomic mass is 15.0. The number of para-hydroxylation sites is 4. The summed E-state index contributed by atoms with van der Waals surface area (Å²) in [6, 6.07) is -31.4. The van der Waals surface area contributed by atoms with Gasteiger partial charge in [-0.15, -0.1) is 0 Å². The molecular weight excluding hydrogens is 763 g/mol. The van der Waals surface area contributed by atoms with Crippen molar-refractivity contribution in [1.82, 2.24) is 13.7 Å². The van der Waals surface area contributed by atoms with Gasteiger partial charge in [0.15, 0.2) is 0 Å². The Kier molecular flexibility index (Phi) is 3.33. The predicted molar refractivity (Wildman–Crippen MR) is 266 cm³/mol. The normalized spacial score (nSPS) is 19.8. The smallest absolute Gasteiger partial charge is 0.0667 e. The van der Waals surface area contributed by atoms with Crippen LogP contribution in [0.4, 0.5) is 0 Å². The van der Waals surface area contributed by atoms with Crippen LogP contribution in [0.5, 0.6) is 0 Å². The molecule has 0 N–H and O–H groups in total. The molecule has 3 heterocycles. The van der Waals surface area contributed by atoms with Gasteiger partial charge in [-0.3, -0.25) is 0 Å². The van der Waals surface area contributed by atoms with E-state index in [0.29, 0.717) is 0 Å². The average Bonchev–Trinajstić information content (AvgIpc) is 1.53. The van der Waals surface area contributed by atoms with Crippen molar-refractivity contribution in [3.8, 4) is 50.4 Å². The van der Waals surface area contributed by atoms with Crippen LogP contribution in [0.2, 0.25) is 0 Å². The van der Waals surface area contributed by atoms with Crippen LogP contribution in [0, 0.1) is 0 Å². The minimum Gasteiger partial charge on any atom is -0.309 e. The Balaban J connectivity index is 1.29. The van der Waals surface area contributed by atoms with E-state index in [0.717, 1.165) is 31.9 Å². The van der Waals surface area contributed by atoms with Crippen molar-refractivity contribution in [2.45, 2.75) is 0 Å². The van der Waals surface area contributed by atoms with Gasteiger partial charge in [0.1, 0.15) is 0 Å². The van der Waals surface area contributed by atoms with Gasteiger partial charge in [0.05, 0.1) is 88.1 Å². The van der Waals surface area contributed by atoms with Gasteiger partial charge in [-0.1, -0.05) is 163 Å². The molecule has 0 saturated heterocycles. The fourth-order valence-electron chi connectivity index (χ4n) is 7.88. The van der Waals surface area contributed by atoms with Crippen LogP contribution in [0.15, 0.2) is 236 Å². The largest absolute Gasteiger partial charge is 0.309 e. The Hall–Kier alpha value is -8.40. The van der Waals surface area contributed by atoms with E-state index in [-0.39, 0.29) is 0 Å². The molecule has 63 heavy (non-hydrogen) atoms. The summed E-state index contributed by atoms with van der Waals surface area (Å²) in [6.45, 7) is 0. The molecule has 0 atom stereocenters. The maximum atomic E-state index is 10.4. The van der Waals surface area contributed by atoms with Crippen molar-refractivity contribution in [2.24, 2.45) is 0 Å². The molecule has 0 aliphatic heterocycles. The summed E-state index contributed by atoms with van der Waals surface area (Å²) in [5.41, 5.74) is -10.5. The van der Waals surface area contributed by atoms with Crippen molar-refractivity contribution in [2.75, 3.05) is 0 Å². The van der Waals surface area contributed by atoms with Crippen molar-refractivity contribution in [3.63, 3.8) is 0 Å². The van der Waals surface area contributed by atoms with Crippen LogP contribution in [0.3, 0.4) is 0 Å². The summed E-state index contributed by atoms with van der Waals surface area (Å²) in [6.07, 6.45) is 0. The first-order valence-corrected chi connectivity index (χ1v) is 18.7. The van der Waals surface area contributed by atoms with Crippen molar-refractivity contribution in [3.05, 3.63) is 236 Å². The number of hydrogen-bond donors (Lipinski definition) is 0. The number of aromatic nitrogens is 3. The van der Waals surface area contributed by atoms with E-state index in [9.17, 15) is 21.9 Å². The molecular formula is C60H39N3. The van der Waals surface area contributed by atoms with Crippen molar-refractivity contribution < 1.29 is 49.3 Å². The Morgan fingerprint density at radius 1 is 0.254 bits per heavy atom. The quantitative estimate of drug-likeness (QED) is 0.158. The van der Waals surface area contributed by atoms with E-state index in [1.54, 1.807) is 0 Å². The van der Waals surface area contributed by atoms with Crippen LogP contribution in [-0.4, -0.2) is 13.7 Å². The average molecular weight is 838 g/mol. The zero-order valence-electron chi connectivity index (χ0n) is 67.6. The Labute approximate surface area is 415 Å². The summed E-state index contributed by atoms with van der Waals surface area (Å²) < 4.78 is 333. The number of hydrogen-bond acceptors (Lipinski definition) is 0. The third-order valence-electron chi connectivity index (χ3n) is 10.5. The van der Waals surface area contributed by atoms with E-state index in [1.165, 1.54) is 0 Å². The lowest BCUT2D eigenvalue weighted by Gasteiger charge is -2.15. The summed E-state index contributed by atoms with van der Waals surface area (Å²) in [5, 5.41) is -3.84. The first kappa shape index (κ1) is 14.9. The third kappa shape index (κ3) is 5.53. The van der Waals surface area contributed by atoms with Crippen LogP contribution in [0.25, 0.3) is 116 Å². The molecule has 13 rings (SSSR count). The standard InChI is InChI=1S/C60H39N3/c1-3-17-40(18-4-1)42-21-15-22-43(35-42)45-36-44(41-19-5-2-6-20-41)37-47(38-45)62-56-30-14-10-26-52(56)60-57(62)31-16-32-58(60)63-55-29-13-9-25-50(55)51-34-33-46(39-59(51)63)61-53-27-11-7-23-48(53)49-24-8-12-28-54(49)61/h1-39H/i1D,2D,3D,4D,5D,6D,7D,8D,9D,10D,11D,12D,13D,14D,15D,16D,17D,18D,19D,20D,21D,22D,23D,24D,25D,26D,27D,28D,29D,30D,31D,32D,33D,34D,35D,39D. The van der Waals surface area contributed by atoms with E-state index in [4.69, 9.17) is 27.4 Å². The van der Waals surface area contributed by atoms with Gasteiger partial charge in [0.2, 0.25) is 0 Å². The molecule has 294 valence electrons. The molecule has 13 aromatic rings. The number of fused-ring (bicyclic) bond motifs is 9. The van der Waals surface area contributed by atoms with E-state index >= 15 is 0 Å². The van der Waals surface area contributed by atoms with E-state index in [1.807, 2.05) is 0 Å². The monoisotopic (exact) mass is 838 g/mol. The first-order valence-electron chi connectivity index (χ1n) is 36.7. The van der Waals surface area contributed by atoms with Crippen LogP contribution in [0.1, 0.15) is 49.3 Å². The number of rotatable bonds is 6. The molecule has 3 nitrogen and oxygen atoms in total. The summed E-state index contributed by atoms with van der Waals surface area (Å²) in [7, 11) is 0. The summed E-state index contributed by atoms with van der Waals surface area (Å²) in [4.78, 5) is 0. The lowest BCUT2D eigenvalue weighted by atomic mass is 9.95. The maximum Gasteiger partial charge on any atom is 0.0667 e. The zero-order valence-corrected chi connectivity index (χ0v) is 31.6. The molecule has 0 radical (unpaired) electrons. The van der Waals surface area contributed by atoms with Crippen LogP contribution < -0.4 is 0 Å². The predicted octanol–water partition coefficient (Wildman–Crippen LogP) is 16.0. The second kappa shape index (κ2) is 14.1. The SMILES string of the molecule is [2H]c1c([2H])c([2H])c(-c2cc(-c3c([2H])c([2H])c([2H])c(-c4c([2H])c([2H])c([2H])c([2H])c4[2H])c3[2H])cc(-n3c4c([2H])c([2H])c([2H])c([2H])c4c4c(-n5c6c([2H])c([2H])c([2H])c([2H])c6c6c([2H])c([2H])c(-n7c8c([2H])c([2H])c([2H])c([2H])c8c8c([2H])c([2H])c([2H])c([2H])c87)c([2H])c65)c([2H])c([2H])c([2H])c43)c2)c([2H])c1[2H]. The Morgan fingerprint density at radius 3 is 1.32 bits per heavy atom. The van der Waals surface area contributed by atoms with Gasteiger partial charge in [-0.25, -0.2) is 0 Å². The van der Waals surface area contributed by atoms with Crippen LogP contribution >= 0.6 is 0 Å². The molecule has 0 amide bonds. The van der Waals surface area contributed by atoms with Gasteiger partial charge in [0, 0.05) is 43.7 Å². The Morgan fingerprint density at radius 2 is 0.683 bits per heavy atom. The Bertz CT molecular complexity index is 5920. The van der Waals surface area contributed by atoms with Crippen LogP contribution in [-0.2, 0) is 0 Å². The van der Waals surface area contributed by atoms with Crippen molar-refractivity contribution in [1.29, 1.82) is 0 Å². The fraction of sp³-hybridized carbons (Fsp3) is 0. The van der Waals surface area contributed by atoms with E-state index in [2.05, 4.69) is 0 Å². The van der Waals surface area contributed by atoms with Gasteiger partial charge < -0.3 is 13.7 Å².